The number of esters is 1. The first kappa shape index (κ1) is 29.5. The molecule has 0 spiro atoms. The van der Waals surface area contributed by atoms with Gasteiger partial charge in [0.15, 0.2) is 6.23 Å². The van der Waals surface area contributed by atoms with Crippen LogP contribution in [0.4, 0.5) is 0 Å². The SMILES string of the molecule is CC(C)OC(=O)[C@H](C)NP(=O)(OC[C@@]1(N=[N+]=[N-])O[C@@H](n2ccc(=S)[nH]c2=O)[C@@H](O)C1O)Oc1ccccc1. The average Bonchev–Trinajstić information content (AvgIpc) is 3.09. The van der Waals surface area contributed by atoms with E-state index in [1.807, 2.05) is 0 Å². The van der Waals surface area contributed by atoms with E-state index in [1.165, 1.54) is 31.3 Å². The number of aromatic nitrogens is 2. The second-order valence-corrected chi connectivity index (χ2v) is 10.6. The quantitative estimate of drug-likeness (QED) is 0.0769. The summed E-state index contributed by atoms with van der Waals surface area (Å²) in [6.07, 6.45) is -4.51. The first-order valence-electron chi connectivity index (χ1n) is 11.3. The lowest BCUT2D eigenvalue weighted by molar-refractivity contribution is -0.149. The Morgan fingerprint density at radius 1 is 1.34 bits per heavy atom. The van der Waals surface area contributed by atoms with Gasteiger partial charge in [-0.15, -0.1) is 0 Å². The highest BCUT2D eigenvalue weighted by Crippen LogP contribution is 2.48. The van der Waals surface area contributed by atoms with Crippen LogP contribution in [-0.2, 0) is 23.4 Å². The molecular formula is C21H27N6O9PS. The summed E-state index contributed by atoms with van der Waals surface area (Å²) in [5.74, 6) is -0.652. The molecule has 1 aromatic heterocycles. The number of carbonyl (C=O) groups excluding carboxylic acids is 1. The van der Waals surface area contributed by atoms with Crippen molar-refractivity contribution in [1.29, 1.82) is 0 Å². The molecule has 2 aromatic rings. The van der Waals surface area contributed by atoms with Crippen LogP contribution in [0, 0.1) is 4.64 Å². The lowest BCUT2D eigenvalue weighted by atomic mass is 10.1. The summed E-state index contributed by atoms with van der Waals surface area (Å²) in [5.41, 5.74) is 6.04. The number of benzene rings is 1. The van der Waals surface area contributed by atoms with Crippen molar-refractivity contribution < 1.29 is 38.1 Å². The zero-order valence-electron chi connectivity index (χ0n) is 20.5. The van der Waals surface area contributed by atoms with E-state index < -0.39 is 62.3 Å². The van der Waals surface area contributed by atoms with Crippen molar-refractivity contribution in [2.24, 2.45) is 5.11 Å². The third-order valence-corrected chi connectivity index (χ3v) is 7.07. The monoisotopic (exact) mass is 570 g/mol. The van der Waals surface area contributed by atoms with Gasteiger partial charge in [-0.2, -0.15) is 5.09 Å². The van der Waals surface area contributed by atoms with Gasteiger partial charge in [0.25, 0.3) is 0 Å². The Hall–Kier alpha value is -3.07. The van der Waals surface area contributed by atoms with Gasteiger partial charge in [-0.1, -0.05) is 35.5 Å². The molecular weight excluding hydrogens is 543 g/mol. The number of aliphatic hydroxyl groups is 2. The number of hydrogen-bond donors (Lipinski definition) is 4. The second-order valence-electron chi connectivity index (χ2n) is 8.51. The molecule has 38 heavy (non-hydrogen) atoms. The summed E-state index contributed by atoms with van der Waals surface area (Å²) in [6, 6.07) is 8.01. The van der Waals surface area contributed by atoms with Gasteiger partial charge in [0, 0.05) is 11.1 Å². The molecule has 1 saturated heterocycles. The minimum atomic E-state index is -4.46. The van der Waals surface area contributed by atoms with Gasteiger partial charge >= 0.3 is 19.4 Å². The van der Waals surface area contributed by atoms with E-state index in [1.54, 1.807) is 32.0 Å². The van der Waals surface area contributed by atoms with Crippen LogP contribution in [0.3, 0.4) is 0 Å². The van der Waals surface area contributed by atoms with E-state index in [0.29, 0.717) is 0 Å². The molecule has 15 nitrogen and oxygen atoms in total. The number of hydrogen-bond acceptors (Lipinski definition) is 11. The van der Waals surface area contributed by atoms with Crippen LogP contribution < -0.4 is 15.3 Å². The molecule has 1 fully saturated rings. The predicted molar refractivity (Wildman–Crippen MR) is 134 cm³/mol. The van der Waals surface area contributed by atoms with E-state index in [9.17, 15) is 29.9 Å². The second kappa shape index (κ2) is 12.2. The molecule has 6 atom stereocenters. The smallest absolute Gasteiger partial charge is 0.459 e. The average molecular weight is 571 g/mol. The zero-order valence-corrected chi connectivity index (χ0v) is 22.2. The van der Waals surface area contributed by atoms with Crippen LogP contribution in [0.25, 0.3) is 10.4 Å². The molecule has 0 saturated carbocycles. The summed E-state index contributed by atoms with van der Waals surface area (Å²) in [4.78, 5) is 29.7. The third-order valence-electron chi connectivity index (χ3n) is 5.21. The molecule has 3 rings (SSSR count). The molecule has 206 valence electrons. The Morgan fingerprint density at radius 3 is 2.63 bits per heavy atom. The summed E-state index contributed by atoms with van der Waals surface area (Å²) in [6.45, 7) is 3.71. The van der Waals surface area contributed by atoms with Crippen LogP contribution in [0.1, 0.15) is 27.0 Å². The fourth-order valence-corrected chi connectivity index (χ4v) is 5.10. The number of aliphatic hydroxyl groups excluding tert-OH is 2. The van der Waals surface area contributed by atoms with Crippen molar-refractivity contribution >= 4 is 25.9 Å². The Bertz CT molecular complexity index is 1350. The van der Waals surface area contributed by atoms with E-state index in [0.717, 1.165) is 4.57 Å². The van der Waals surface area contributed by atoms with E-state index >= 15 is 0 Å². The molecule has 17 heteroatoms. The van der Waals surface area contributed by atoms with Crippen LogP contribution >= 0.6 is 20.0 Å². The van der Waals surface area contributed by atoms with Gasteiger partial charge in [0.1, 0.15) is 28.6 Å². The normalized spacial score (nSPS) is 25.3. The molecule has 0 bridgehead atoms. The van der Waals surface area contributed by atoms with Gasteiger partial charge in [0.2, 0.25) is 5.72 Å². The van der Waals surface area contributed by atoms with E-state index in [-0.39, 0.29) is 10.4 Å². The number of nitrogens with zero attached hydrogens (tertiary/aromatic N) is 4. The van der Waals surface area contributed by atoms with Crippen molar-refractivity contribution in [2.75, 3.05) is 6.61 Å². The molecule has 1 aliphatic rings. The molecule has 0 amide bonds. The molecule has 0 aliphatic carbocycles. The third kappa shape index (κ3) is 6.87. The summed E-state index contributed by atoms with van der Waals surface area (Å²) >= 11 is 4.89. The number of H-pyrrole nitrogens is 1. The molecule has 2 unspecified atom stereocenters. The van der Waals surface area contributed by atoms with Crippen molar-refractivity contribution in [3.63, 3.8) is 0 Å². The predicted octanol–water partition coefficient (Wildman–Crippen LogP) is 2.30. The van der Waals surface area contributed by atoms with Crippen LogP contribution in [-0.4, -0.2) is 62.4 Å². The minimum Gasteiger partial charge on any atom is -0.462 e. The van der Waals surface area contributed by atoms with Crippen molar-refractivity contribution in [3.05, 3.63) is 68.2 Å². The number of nitrogens with one attached hydrogen (secondary N) is 2. The van der Waals surface area contributed by atoms with E-state index in [4.69, 9.17) is 30.7 Å². The van der Waals surface area contributed by atoms with Gasteiger partial charge < -0.3 is 24.2 Å². The zero-order chi connectivity index (χ0) is 28.1. The fourth-order valence-electron chi connectivity index (χ4n) is 3.44. The van der Waals surface area contributed by atoms with Crippen LogP contribution in [0.5, 0.6) is 5.75 Å². The van der Waals surface area contributed by atoms with Gasteiger partial charge in [0.05, 0.1) is 12.7 Å². The first-order chi connectivity index (χ1) is 17.9. The summed E-state index contributed by atoms with van der Waals surface area (Å²) in [5, 5.41) is 27.3. The highest BCUT2D eigenvalue weighted by Gasteiger charge is 2.56. The van der Waals surface area contributed by atoms with Gasteiger partial charge in [-0.05, 0) is 44.5 Å². The van der Waals surface area contributed by atoms with Crippen LogP contribution in [0.15, 0.2) is 52.5 Å². The van der Waals surface area contributed by atoms with Crippen molar-refractivity contribution in [3.8, 4) is 5.75 Å². The van der Waals surface area contributed by atoms with Crippen molar-refractivity contribution in [2.45, 2.75) is 57.1 Å². The summed E-state index contributed by atoms with van der Waals surface area (Å²) in [7, 11) is -4.46. The maximum Gasteiger partial charge on any atom is 0.459 e. The Morgan fingerprint density at radius 2 is 2.03 bits per heavy atom. The maximum absolute atomic E-state index is 13.7. The topological polar surface area (TPSA) is 210 Å². The number of aromatic amines is 1. The number of ether oxygens (including phenoxy) is 2. The Kier molecular flexibility index (Phi) is 9.46. The highest BCUT2D eigenvalue weighted by atomic mass is 32.1. The van der Waals surface area contributed by atoms with E-state index in [2.05, 4.69) is 20.1 Å². The summed E-state index contributed by atoms with van der Waals surface area (Å²) < 4.78 is 36.5. The molecule has 0 radical (unpaired) electrons. The Balaban J connectivity index is 1.91. The molecule has 1 aromatic carbocycles. The van der Waals surface area contributed by atoms with Gasteiger partial charge in [-0.25, -0.2) is 9.36 Å². The standard InChI is InChI=1S/C21H27N6O9PS/c1-12(2)34-19(30)13(3)24-37(32,36-14-7-5-4-6-8-14)33-11-21(25-26-22)17(29)16(28)18(35-21)27-10-9-15(38)23-20(27)31/h4-10,12-13,16-18,28-29H,11H2,1-3H3,(H,24,32)(H,23,31,38)/t13-,16-,17?,18+,21+,37?/m0/s1. The minimum absolute atomic E-state index is 0.0995. The number of rotatable bonds is 11. The molecule has 2 heterocycles. The fraction of sp³-hybridized carbons (Fsp3) is 0.476. The van der Waals surface area contributed by atoms with Crippen LogP contribution in [0.2, 0.25) is 0 Å². The van der Waals surface area contributed by atoms with Gasteiger partial charge in [-0.3, -0.25) is 18.9 Å². The lowest BCUT2D eigenvalue weighted by Gasteiger charge is -2.29. The Labute approximate surface area is 221 Å². The largest absolute Gasteiger partial charge is 0.462 e. The number of para-hydroxylation sites is 1. The molecule has 4 N–H and O–H groups in total. The first-order valence-corrected chi connectivity index (χ1v) is 13.2. The highest BCUT2D eigenvalue weighted by molar-refractivity contribution is 7.71. The number of carbonyl (C=O) groups is 1. The maximum atomic E-state index is 13.7. The number of azide groups is 1. The van der Waals surface area contributed by atoms with Crippen molar-refractivity contribution in [1.82, 2.24) is 14.6 Å². The molecule has 1 aliphatic heterocycles. The lowest BCUT2D eigenvalue weighted by Crippen LogP contribution is -2.45.